The monoisotopic (exact) mass is 344 g/mol. The van der Waals surface area contributed by atoms with Crippen LogP contribution in [-0.4, -0.2) is 51.6 Å². The molecule has 1 fully saturated rings. The molecule has 2 N–H and O–H groups in total. The first-order chi connectivity index (χ1) is 11.8. The molecule has 1 aromatic heterocycles. The normalized spacial score (nSPS) is 18.2. The lowest BCUT2D eigenvalue weighted by Gasteiger charge is -2.34. The lowest BCUT2D eigenvalue weighted by Crippen LogP contribution is -2.50. The first-order valence-electron chi connectivity index (χ1n) is 8.54. The number of rotatable bonds is 2. The van der Waals surface area contributed by atoms with Gasteiger partial charge in [0.2, 0.25) is 0 Å². The van der Waals surface area contributed by atoms with Gasteiger partial charge in [-0.3, -0.25) is 4.79 Å². The maximum atomic E-state index is 12.6. The third-order valence-corrected chi connectivity index (χ3v) is 4.10. The molecule has 134 valence electrons. The van der Waals surface area contributed by atoms with Crippen molar-refractivity contribution in [2.24, 2.45) is 0 Å². The van der Waals surface area contributed by atoms with Gasteiger partial charge in [0, 0.05) is 19.1 Å². The van der Waals surface area contributed by atoms with E-state index >= 15 is 0 Å². The van der Waals surface area contributed by atoms with Crippen LogP contribution in [-0.2, 0) is 4.74 Å². The minimum atomic E-state index is -0.525. The van der Waals surface area contributed by atoms with Crippen LogP contribution in [0.1, 0.15) is 44.0 Å². The van der Waals surface area contributed by atoms with E-state index in [0.717, 1.165) is 18.4 Å². The Bertz CT molecular complexity index is 778. The summed E-state index contributed by atoms with van der Waals surface area (Å²) >= 11 is 0. The predicted molar refractivity (Wildman–Crippen MR) is 94.4 cm³/mol. The van der Waals surface area contributed by atoms with Gasteiger partial charge in [-0.25, -0.2) is 9.78 Å². The smallest absolute Gasteiger partial charge is 0.410 e. The molecule has 1 atom stereocenters. The molecule has 1 aromatic carbocycles. The van der Waals surface area contributed by atoms with Crippen LogP contribution in [0.2, 0.25) is 0 Å². The lowest BCUT2D eigenvalue weighted by atomic mass is 10.1. The number of para-hydroxylation sites is 1. The van der Waals surface area contributed by atoms with Crippen molar-refractivity contribution in [1.82, 2.24) is 20.2 Å². The van der Waals surface area contributed by atoms with Gasteiger partial charge in [0.1, 0.15) is 11.1 Å². The van der Waals surface area contributed by atoms with E-state index in [0.29, 0.717) is 24.2 Å². The average Bonchev–Trinajstić information content (AvgIpc) is 3.02. The van der Waals surface area contributed by atoms with Crippen molar-refractivity contribution in [3.8, 4) is 0 Å². The summed E-state index contributed by atoms with van der Waals surface area (Å²) in [5, 5.41) is 3.02. The number of aromatic nitrogens is 2. The zero-order valence-corrected chi connectivity index (χ0v) is 14.8. The molecule has 0 spiro atoms. The molecule has 2 heterocycles. The Balaban J connectivity index is 1.65. The Morgan fingerprint density at radius 1 is 1.36 bits per heavy atom. The number of likely N-dealkylation sites (tertiary alicyclic amines) is 1. The number of amides is 2. The summed E-state index contributed by atoms with van der Waals surface area (Å²) in [5.74, 6) is -0.172. The number of benzene rings is 1. The maximum Gasteiger partial charge on any atom is 0.410 e. The highest BCUT2D eigenvalue weighted by atomic mass is 16.6. The number of nitrogens with zero attached hydrogens (tertiary/aromatic N) is 2. The predicted octanol–water partition coefficient (Wildman–Crippen LogP) is 2.69. The summed E-state index contributed by atoms with van der Waals surface area (Å²) in [7, 11) is 0. The van der Waals surface area contributed by atoms with Crippen LogP contribution in [0.15, 0.2) is 24.5 Å². The fourth-order valence-electron chi connectivity index (χ4n) is 3.00. The van der Waals surface area contributed by atoms with Crippen molar-refractivity contribution < 1.29 is 14.3 Å². The zero-order valence-electron chi connectivity index (χ0n) is 14.8. The Morgan fingerprint density at radius 3 is 2.92 bits per heavy atom. The molecule has 2 amide bonds. The third kappa shape index (κ3) is 4.10. The highest BCUT2D eigenvalue weighted by molar-refractivity contribution is 6.04. The van der Waals surface area contributed by atoms with Gasteiger partial charge in [0.25, 0.3) is 5.91 Å². The molecule has 25 heavy (non-hydrogen) atoms. The standard InChI is InChI=1S/C18H24N4O3/c1-18(2,3)25-17(24)22-9-5-6-12(10-22)21-16(23)13-7-4-8-14-15(13)20-11-19-14/h4,7-8,11-12H,5-6,9-10H2,1-3H3,(H,19,20)(H,21,23). The number of fused-ring (bicyclic) bond motifs is 1. The highest BCUT2D eigenvalue weighted by Crippen LogP contribution is 2.18. The highest BCUT2D eigenvalue weighted by Gasteiger charge is 2.28. The topological polar surface area (TPSA) is 87.3 Å². The van der Waals surface area contributed by atoms with Crippen molar-refractivity contribution in [2.75, 3.05) is 13.1 Å². The molecule has 2 aromatic rings. The fourth-order valence-corrected chi connectivity index (χ4v) is 3.00. The van der Waals surface area contributed by atoms with Crippen molar-refractivity contribution in [3.05, 3.63) is 30.1 Å². The maximum absolute atomic E-state index is 12.6. The zero-order chi connectivity index (χ0) is 18.0. The number of H-pyrrole nitrogens is 1. The number of carbonyl (C=O) groups excluding carboxylic acids is 2. The number of aromatic amines is 1. The minimum Gasteiger partial charge on any atom is -0.444 e. The van der Waals surface area contributed by atoms with Gasteiger partial charge in [0.15, 0.2) is 0 Å². The third-order valence-electron chi connectivity index (χ3n) is 4.10. The van der Waals surface area contributed by atoms with Crippen LogP contribution in [0.4, 0.5) is 4.79 Å². The van der Waals surface area contributed by atoms with Gasteiger partial charge in [-0.2, -0.15) is 0 Å². The van der Waals surface area contributed by atoms with Crippen LogP contribution in [0, 0.1) is 0 Å². The van der Waals surface area contributed by atoms with Gasteiger partial charge >= 0.3 is 6.09 Å². The molecular weight excluding hydrogens is 320 g/mol. The number of piperidine rings is 1. The molecule has 1 unspecified atom stereocenters. The second kappa shape index (κ2) is 6.74. The Hall–Kier alpha value is -2.57. The van der Waals surface area contributed by atoms with Crippen LogP contribution in [0.5, 0.6) is 0 Å². The Kier molecular flexibility index (Phi) is 4.65. The van der Waals surface area contributed by atoms with Crippen molar-refractivity contribution in [2.45, 2.75) is 45.3 Å². The van der Waals surface area contributed by atoms with E-state index in [2.05, 4.69) is 15.3 Å². The van der Waals surface area contributed by atoms with Gasteiger partial charge in [0.05, 0.1) is 17.4 Å². The van der Waals surface area contributed by atoms with Gasteiger partial charge < -0.3 is 19.9 Å². The quantitative estimate of drug-likeness (QED) is 0.877. The van der Waals surface area contributed by atoms with Crippen molar-refractivity contribution >= 4 is 23.0 Å². The summed E-state index contributed by atoms with van der Waals surface area (Å²) in [6, 6.07) is 5.36. The van der Waals surface area contributed by atoms with Gasteiger partial charge in [-0.1, -0.05) is 6.07 Å². The number of nitrogens with one attached hydrogen (secondary N) is 2. The van der Waals surface area contributed by atoms with Gasteiger partial charge in [-0.15, -0.1) is 0 Å². The van der Waals surface area contributed by atoms with Crippen molar-refractivity contribution in [3.63, 3.8) is 0 Å². The number of hydrogen-bond donors (Lipinski definition) is 2. The Morgan fingerprint density at radius 2 is 2.16 bits per heavy atom. The number of ether oxygens (including phenoxy) is 1. The molecule has 7 heteroatoms. The molecular formula is C18H24N4O3. The fraction of sp³-hybridized carbons (Fsp3) is 0.500. The molecule has 1 aliphatic heterocycles. The summed E-state index contributed by atoms with van der Waals surface area (Å²) in [6.45, 7) is 6.64. The van der Waals surface area contributed by atoms with E-state index in [9.17, 15) is 9.59 Å². The van der Waals surface area contributed by atoms with Crippen LogP contribution in [0.3, 0.4) is 0 Å². The van der Waals surface area contributed by atoms with E-state index < -0.39 is 5.60 Å². The largest absolute Gasteiger partial charge is 0.444 e. The van der Waals surface area contributed by atoms with Crippen LogP contribution >= 0.6 is 0 Å². The van der Waals surface area contributed by atoms with E-state index in [4.69, 9.17) is 4.74 Å². The number of carbonyl (C=O) groups is 2. The lowest BCUT2D eigenvalue weighted by molar-refractivity contribution is 0.0185. The molecule has 0 saturated carbocycles. The second-order valence-electron chi connectivity index (χ2n) is 7.34. The van der Waals surface area contributed by atoms with E-state index in [1.54, 1.807) is 17.3 Å². The molecule has 0 radical (unpaired) electrons. The first kappa shape index (κ1) is 17.3. The summed E-state index contributed by atoms with van der Waals surface area (Å²) in [4.78, 5) is 33.7. The molecule has 3 rings (SSSR count). The molecule has 7 nitrogen and oxygen atoms in total. The average molecular weight is 344 g/mol. The van der Waals surface area contributed by atoms with Crippen molar-refractivity contribution in [1.29, 1.82) is 0 Å². The van der Waals surface area contributed by atoms with E-state index in [-0.39, 0.29) is 18.0 Å². The summed E-state index contributed by atoms with van der Waals surface area (Å²) in [5.41, 5.74) is 1.49. The van der Waals surface area contributed by atoms with Gasteiger partial charge in [-0.05, 0) is 45.7 Å². The SMILES string of the molecule is CC(C)(C)OC(=O)N1CCCC(NC(=O)c2cccc3[nH]cnc23)C1. The molecule has 0 aliphatic carbocycles. The number of hydrogen-bond acceptors (Lipinski definition) is 4. The second-order valence-corrected chi connectivity index (χ2v) is 7.34. The minimum absolute atomic E-state index is 0.0945. The Labute approximate surface area is 146 Å². The summed E-state index contributed by atoms with van der Waals surface area (Å²) in [6.07, 6.45) is 2.91. The molecule has 1 saturated heterocycles. The van der Waals surface area contributed by atoms with E-state index in [1.807, 2.05) is 32.9 Å². The molecule has 1 aliphatic rings. The van der Waals surface area contributed by atoms with Crippen LogP contribution < -0.4 is 5.32 Å². The molecule has 0 bridgehead atoms. The van der Waals surface area contributed by atoms with Crippen LogP contribution in [0.25, 0.3) is 11.0 Å². The number of imidazole rings is 1. The first-order valence-corrected chi connectivity index (χ1v) is 8.54. The summed E-state index contributed by atoms with van der Waals surface area (Å²) < 4.78 is 5.42. The van der Waals surface area contributed by atoms with E-state index in [1.165, 1.54) is 0 Å².